The highest BCUT2D eigenvalue weighted by molar-refractivity contribution is 7.98. The third-order valence-corrected chi connectivity index (χ3v) is 4.38. The van der Waals surface area contributed by atoms with E-state index in [1.54, 1.807) is 4.68 Å². The lowest BCUT2D eigenvalue weighted by atomic mass is 10.2. The molecule has 0 aliphatic carbocycles. The molecule has 0 saturated carbocycles. The quantitative estimate of drug-likeness (QED) is 0.873. The van der Waals surface area contributed by atoms with Crippen molar-refractivity contribution < 1.29 is 9.53 Å². The van der Waals surface area contributed by atoms with Gasteiger partial charge in [-0.25, -0.2) is 4.68 Å². The van der Waals surface area contributed by atoms with Crippen molar-refractivity contribution in [2.24, 2.45) is 0 Å². The summed E-state index contributed by atoms with van der Waals surface area (Å²) in [6.07, 6.45) is 2.99. The maximum absolute atomic E-state index is 12.2. The first-order valence-electron chi connectivity index (χ1n) is 7.29. The molecule has 2 heterocycles. The number of nitrogens with one attached hydrogen (secondary N) is 1. The number of carbonyl (C=O) groups is 1. The maximum Gasteiger partial charge on any atom is 0.254 e. The Morgan fingerprint density at radius 3 is 2.87 bits per heavy atom. The molecule has 1 aromatic carbocycles. The number of rotatable bonds is 4. The summed E-state index contributed by atoms with van der Waals surface area (Å²) < 4.78 is 7.05. The van der Waals surface area contributed by atoms with Gasteiger partial charge in [0.2, 0.25) is 0 Å². The summed E-state index contributed by atoms with van der Waals surface area (Å²) in [5, 5.41) is 17.3. The highest BCUT2D eigenvalue weighted by Gasteiger charge is 2.26. The molecule has 2 aromatic rings. The van der Waals surface area contributed by atoms with Crippen LogP contribution in [0.1, 0.15) is 18.4 Å². The molecule has 0 spiro atoms. The van der Waals surface area contributed by atoms with Crippen LogP contribution >= 0.6 is 11.8 Å². The SMILES string of the molecule is CSc1c(C#N)c(NC(=O)[C@H]2CCCO2)nn1-c1ccccc1. The fourth-order valence-corrected chi connectivity index (χ4v) is 3.17. The van der Waals surface area contributed by atoms with Crippen LogP contribution in [0.15, 0.2) is 35.4 Å². The smallest absolute Gasteiger partial charge is 0.254 e. The third kappa shape index (κ3) is 3.09. The molecular weight excluding hydrogens is 312 g/mol. The van der Waals surface area contributed by atoms with Crippen molar-refractivity contribution in [3.05, 3.63) is 35.9 Å². The van der Waals surface area contributed by atoms with Crippen molar-refractivity contribution in [1.82, 2.24) is 9.78 Å². The van der Waals surface area contributed by atoms with E-state index in [0.717, 1.165) is 12.1 Å². The van der Waals surface area contributed by atoms with E-state index in [-0.39, 0.29) is 11.7 Å². The van der Waals surface area contributed by atoms with Gasteiger partial charge in [-0.1, -0.05) is 18.2 Å². The van der Waals surface area contributed by atoms with Gasteiger partial charge in [-0.2, -0.15) is 5.26 Å². The Morgan fingerprint density at radius 2 is 2.26 bits per heavy atom. The maximum atomic E-state index is 12.2. The van der Waals surface area contributed by atoms with E-state index in [1.807, 2.05) is 36.6 Å². The van der Waals surface area contributed by atoms with Gasteiger partial charge in [0.05, 0.1) is 5.69 Å². The highest BCUT2D eigenvalue weighted by atomic mass is 32.2. The van der Waals surface area contributed by atoms with Crippen molar-refractivity contribution in [3.8, 4) is 11.8 Å². The van der Waals surface area contributed by atoms with Gasteiger partial charge in [-0.05, 0) is 31.2 Å². The number of ether oxygens (including phenoxy) is 1. The van der Waals surface area contributed by atoms with Gasteiger partial charge >= 0.3 is 0 Å². The normalized spacial score (nSPS) is 17.0. The molecule has 1 atom stereocenters. The van der Waals surface area contributed by atoms with E-state index in [4.69, 9.17) is 4.74 Å². The monoisotopic (exact) mass is 328 g/mol. The lowest BCUT2D eigenvalue weighted by Crippen LogP contribution is -2.27. The van der Waals surface area contributed by atoms with Crippen LogP contribution in [0.3, 0.4) is 0 Å². The Labute approximate surface area is 138 Å². The molecule has 118 valence electrons. The van der Waals surface area contributed by atoms with Crippen LogP contribution in [0.5, 0.6) is 0 Å². The molecule has 1 aliphatic heterocycles. The molecule has 1 saturated heterocycles. The molecule has 1 aromatic heterocycles. The first-order valence-corrected chi connectivity index (χ1v) is 8.52. The average molecular weight is 328 g/mol. The van der Waals surface area contributed by atoms with Gasteiger partial charge in [-0.15, -0.1) is 16.9 Å². The van der Waals surface area contributed by atoms with Crippen LogP contribution in [0.25, 0.3) is 5.69 Å². The number of nitriles is 1. The average Bonchev–Trinajstić information content (AvgIpc) is 3.23. The highest BCUT2D eigenvalue weighted by Crippen LogP contribution is 2.29. The van der Waals surface area contributed by atoms with Crippen LogP contribution in [0, 0.1) is 11.3 Å². The molecule has 0 unspecified atom stereocenters. The van der Waals surface area contributed by atoms with Gasteiger partial charge in [0.15, 0.2) is 5.82 Å². The Hall–Kier alpha value is -2.30. The number of para-hydroxylation sites is 1. The van der Waals surface area contributed by atoms with Gasteiger partial charge in [0.1, 0.15) is 22.8 Å². The Bertz CT molecular complexity index is 745. The molecule has 1 N–H and O–H groups in total. The Kier molecular flexibility index (Phi) is 4.65. The second-order valence-electron chi connectivity index (χ2n) is 5.08. The predicted octanol–water partition coefficient (Wildman–Crippen LogP) is 2.58. The van der Waals surface area contributed by atoms with E-state index in [2.05, 4.69) is 16.5 Å². The first kappa shape index (κ1) is 15.6. The van der Waals surface area contributed by atoms with Gasteiger partial charge in [0, 0.05) is 6.61 Å². The lowest BCUT2D eigenvalue weighted by molar-refractivity contribution is -0.124. The lowest BCUT2D eigenvalue weighted by Gasteiger charge is -2.08. The standard InChI is InChI=1S/C16H16N4O2S/c1-23-16-12(10-17)14(18-15(21)13-8-5-9-22-13)19-20(16)11-6-3-2-4-7-11/h2-4,6-7,13H,5,8-9H2,1H3,(H,18,19,21)/t13-/m1/s1. The molecule has 1 fully saturated rings. The van der Waals surface area contributed by atoms with E-state index < -0.39 is 6.10 Å². The zero-order valence-corrected chi connectivity index (χ0v) is 13.5. The number of hydrogen-bond acceptors (Lipinski definition) is 5. The fraction of sp³-hybridized carbons (Fsp3) is 0.312. The summed E-state index contributed by atoms with van der Waals surface area (Å²) in [7, 11) is 0. The topological polar surface area (TPSA) is 79.9 Å². The number of benzene rings is 1. The largest absolute Gasteiger partial charge is 0.368 e. The summed E-state index contributed by atoms with van der Waals surface area (Å²) in [6.45, 7) is 0.595. The van der Waals surface area contributed by atoms with Crippen molar-refractivity contribution in [2.45, 2.75) is 24.0 Å². The summed E-state index contributed by atoms with van der Waals surface area (Å²) in [5.41, 5.74) is 1.21. The number of hydrogen-bond donors (Lipinski definition) is 1. The van der Waals surface area contributed by atoms with E-state index >= 15 is 0 Å². The van der Waals surface area contributed by atoms with Crippen LogP contribution in [0.4, 0.5) is 5.82 Å². The van der Waals surface area contributed by atoms with Crippen LogP contribution < -0.4 is 5.32 Å². The van der Waals surface area contributed by atoms with Crippen LogP contribution in [-0.4, -0.2) is 34.7 Å². The Morgan fingerprint density at radius 1 is 1.48 bits per heavy atom. The minimum atomic E-state index is -0.457. The van der Waals surface area contributed by atoms with Crippen molar-refractivity contribution >= 4 is 23.5 Å². The third-order valence-electron chi connectivity index (χ3n) is 3.61. The molecule has 0 radical (unpaired) electrons. The molecule has 1 aliphatic rings. The zero-order valence-electron chi connectivity index (χ0n) is 12.7. The van der Waals surface area contributed by atoms with Gasteiger partial charge in [-0.3, -0.25) is 4.79 Å². The van der Waals surface area contributed by atoms with Gasteiger partial charge in [0.25, 0.3) is 5.91 Å². The molecule has 6 nitrogen and oxygen atoms in total. The van der Waals surface area contributed by atoms with Crippen LogP contribution in [-0.2, 0) is 9.53 Å². The summed E-state index contributed by atoms with van der Waals surface area (Å²) in [4.78, 5) is 12.2. The minimum Gasteiger partial charge on any atom is -0.368 e. The number of thioether (sulfide) groups is 1. The predicted molar refractivity (Wildman–Crippen MR) is 87.7 cm³/mol. The van der Waals surface area contributed by atoms with Crippen LogP contribution in [0.2, 0.25) is 0 Å². The summed E-state index contributed by atoms with van der Waals surface area (Å²) >= 11 is 1.42. The Balaban J connectivity index is 1.96. The van der Waals surface area contributed by atoms with Crippen molar-refractivity contribution in [3.63, 3.8) is 0 Å². The molecule has 0 bridgehead atoms. The number of anilines is 1. The molecule has 23 heavy (non-hydrogen) atoms. The van der Waals surface area contributed by atoms with Crippen molar-refractivity contribution in [1.29, 1.82) is 5.26 Å². The molecule has 1 amide bonds. The van der Waals surface area contributed by atoms with Crippen molar-refractivity contribution in [2.75, 3.05) is 18.2 Å². The van der Waals surface area contributed by atoms with E-state index in [9.17, 15) is 10.1 Å². The minimum absolute atomic E-state index is 0.246. The number of amides is 1. The van der Waals surface area contributed by atoms with E-state index in [0.29, 0.717) is 23.6 Å². The molecule has 7 heteroatoms. The zero-order chi connectivity index (χ0) is 16.2. The molecule has 3 rings (SSSR count). The second kappa shape index (κ2) is 6.86. The summed E-state index contributed by atoms with van der Waals surface area (Å²) in [6, 6.07) is 11.7. The number of carbonyl (C=O) groups excluding carboxylic acids is 1. The number of aromatic nitrogens is 2. The first-order chi connectivity index (χ1) is 11.2. The van der Waals surface area contributed by atoms with Gasteiger partial charge < -0.3 is 10.1 Å². The summed E-state index contributed by atoms with van der Waals surface area (Å²) in [5.74, 6) is 0.0329. The molecular formula is C16H16N4O2S. The second-order valence-corrected chi connectivity index (χ2v) is 5.88. The fourth-order valence-electron chi connectivity index (χ4n) is 2.51. The van der Waals surface area contributed by atoms with E-state index in [1.165, 1.54) is 11.8 Å². The number of nitrogens with zero attached hydrogens (tertiary/aromatic N) is 3.